The summed E-state index contributed by atoms with van der Waals surface area (Å²) in [4.78, 5) is 10.1. The second-order valence-electron chi connectivity index (χ2n) is 2.53. The number of carbonyl (C=O) groups excluding carboxylic acids is 1. The highest BCUT2D eigenvalue weighted by atomic mass is 16.3. The Labute approximate surface area is 71.2 Å². The lowest BCUT2D eigenvalue weighted by Crippen LogP contribution is -1.78. The molecule has 0 aliphatic heterocycles. The Morgan fingerprint density at radius 3 is 2.42 bits per heavy atom. The normalized spacial score (nSPS) is 11.2. The highest BCUT2D eigenvalue weighted by Crippen LogP contribution is 2.16. The highest BCUT2D eigenvalue weighted by molar-refractivity contribution is 5.80. The standard InChI is InChI=1S/C10H10O2/c1-8(6-7-11)9-2-4-10(12)5-3-9/h2-7,12H,1H3/b8-6-. The van der Waals surface area contributed by atoms with E-state index in [4.69, 9.17) is 5.11 Å². The molecule has 0 aliphatic rings. The number of aldehydes is 1. The lowest BCUT2D eigenvalue weighted by Gasteiger charge is -1.98. The summed E-state index contributed by atoms with van der Waals surface area (Å²) >= 11 is 0. The summed E-state index contributed by atoms with van der Waals surface area (Å²) < 4.78 is 0. The van der Waals surface area contributed by atoms with Gasteiger partial charge in [0, 0.05) is 0 Å². The van der Waals surface area contributed by atoms with Gasteiger partial charge in [0.2, 0.25) is 0 Å². The first-order valence-corrected chi connectivity index (χ1v) is 3.65. The number of rotatable bonds is 2. The van der Waals surface area contributed by atoms with Crippen molar-refractivity contribution in [2.24, 2.45) is 0 Å². The fraction of sp³-hybridized carbons (Fsp3) is 0.100. The third-order valence-corrected chi connectivity index (χ3v) is 1.64. The average molecular weight is 162 g/mol. The van der Waals surface area contributed by atoms with Crippen molar-refractivity contribution in [2.75, 3.05) is 0 Å². The molecule has 0 unspecified atom stereocenters. The molecule has 1 N–H and O–H groups in total. The van der Waals surface area contributed by atoms with Gasteiger partial charge in [-0.1, -0.05) is 12.1 Å². The first kappa shape index (κ1) is 8.53. The molecule has 0 amide bonds. The summed E-state index contributed by atoms with van der Waals surface area (Å²) in [5.41, 5.74) is 1.84. The average Bonchev–Trinajstić information content (AvgIpc) is 2.06. The molecule has 0 atom stereocenters. The Morgan fingerprint density at radius 2 is 1.92 bits per heavy atom. The number of carbonyl (C=O) groups is 1. The third kappa shape index (κ3) is 1.95. The molecule has 1 rings (SSSR count). The number of phenolic OH excluding ortho intramolecular Hbond substituents is 1. The van der Waals surface area contributed by atoms with E-state index < -0.39 is 0 Å². The monoisotopic (exact) mass is 162 g/mol. The Morgan fingerprint density at radius 1 is 1.33 bits per heavy atom. The van der Waals surface area contributed by atoms with Gasteiger partial charge in [-0.25, -0.2) is 0 Å². The molecule has 0 spiro atoms. The highest BCUT2D eigenvalue weighted by Gasteiger charge is 1.93. The van der Waals surface area contributed by atoms with Gasteiger partial charge < -0.3 is 5.11 Å². The van der Waals surface area contributed by atoms with Crippen LogP contribution in [0.25, 0.3) is 5.57 Å². The maximum absolute atomic E-state index is 10.1. The number of benzene rings is 1. The van der Waals surface area contributed by atoms with E-state index in [1.807, 2.05) is 6.92 Å². The van der Waals surface area contributed by atoms with Crippen molar-refractivity contribution in [1.29, 1.82) is 0 Å². The number of aromatic hydroxyl groups is 1. The van der Waals surface area contributed by atoms with Crippen molar-refractivity contribution < 1.29 is 9.90 Å². The molecule has 2 heteroatoms. The molecule has 0 saturated heterocycles. The molecule has 2 nitrogen and oxygen atoms in total. The zero-order valence-corrected chi connectivity index (χ0v) is 6.82. The minimum atomic E-state index is 0.234. The van der Waals surface area contributed by atoms with Crippen LogP contribution in [0.15, 0.2) is 30.3 Å². The van der Waals surface area contributed by atoms with E-state index in [1.165, 1.54) is 6.08 Å². The Kier molecular flexibility index (Phi) is 2.64. The Bertz CT molecular complexity index is 296. The summed E-state index contributed by atoms with van der Waals surface area (Å²) in [5.74, 6) is 0.234. The van der Waals surface area contributed by atoms with Crippen LogP contribution in [-0.2, 0) is 4.79 Å². The molecule has 1 aromatic carbocycles. The molecule has 12 heavy (non-hydrogen) atoms. The minimum absolute atomic E-state index is 0.234. The fourth-order valence-corrected chi connectivity index (χ4v) is 0.923. The van der Waals surface area contributed by atoms with Crippen LogP contribution in [0.2, 0.25) is 0 Å². The van der Waals surface area contributed by atoms with E-state index >= 15 is 0 Å². The van der Waals surface area contributed by atoms with Crippen LogP contribution in [0.4, 0.5) is 0 Å². The Hall–Kier alpha value is -1.57. The van der Waals surface area contributed by atoms with E-state index in [1.54, 1.807) is 24.3 Å². The quantitative estimate of drug-likeness (QED) is 0.533. The van der Waals surface area contributed by atoms with Crippen LogP contribution in [0, 0.1) is 0 Å². The van der Waals surface area contributed by atoms with Crippen molar-refractivity contribution in [1.82, 2.24) is 0 Å². The van der Waals surface area contributed by atoms with Crippen molar-refractivity contribution in [2.45, 2.75) is 6.92 Å². The lowest BCUT2D eigenvalue weighted by atomic mass is 10.1. The molecule has 0 fully saturated rings. The van der Waals surface area contributed by atoms with Crippen molar-refractivity contribution >= 4 is 11.9 Å². The molecular weight excluding hydrogens is 152 g/mol. The maximum Gasteiger partial charge on any atom is 0.143 e. The molecule has 62 valence electrons. The zero-order valence-electron chi connectivity index (χ0n) is 6.82. The predicted octanol–water partition coefficient (Wildman–Crippen LogP) is 1.99. The van der Waals surface area contributed by atoms with Gasteiger partial charge in [0.1, 0.15) is 12.0 Å². The largest absolute Gasteiger partial charge is 0.508 e. The molecule has 1 aromatic rings. The van der Waals surface area contributed by atoms with Gasteiger partial charge in [0.15, 0.2) is 0 Å². The van der Waals surface area contributed by atoms with Crippen molar-refractivity contribution in [3.8, 4) is 5.75 Å². The van der Waals surface area contributed by atoms with Gasteiger partial charge in [0.25, 0.3) is 0 Å². The summed E-state index contributed by atoms with van der Waals surface area (Å²) in [5, 5.41) is 8.98. The van der Waals surface area contributed by atoms with Crippen LogP contribution < -0.4 is 0 Å². The van der Waals surface area contributed by atoms with Gasteiger partial charge in [0.05, 0.1) is 0 Å². The SMILES string of the molecule is C/C(=C/C=O)c1ccc(O)cc1. The van der Waals surface area contributed by atoms with Gasteiger partial charge >= 0.3 is 0 Å². The molecule has 0 radical (unpaired) electrons. The van der Waals surface area contributed by atoms with Crippen LogP contribution in [0.1, 0.15) is 12.5 Å². The summed E-state index contributed by atoms with van der Waals surface area (Å²) in [6.45, 7) is 1.85. The van der Waals surface area contributed by atoms with E-state index in [-0.39, 0.29) is 5.75 Å². The molecule has 0 bridgehead atoms. The van der Waals surface area contributed by atoms with E-state index in [9.17, 15) is 4.79 Å². The second kappa shape index (κ2) is 3.72. The number of allylic oxidation sites excluding steroid dienone is 2. The zero-order chi connectivity index (χ0) is 8.97. The minimum Gasteiger partial charge on any atom is -0.508 e. The van der Waals surface area contributed by atoms with E-state index in [0.717, 1.165) is 17.4 Å². The topological polar surface area (TPSA) is 37.3 Å². The van der Waals surface area contributed by atoms with Crippen molar-refractivity contribution in [3.05, 3.63) is 35.9 Å². The number of hydrogen-bond acceptors (Lipinski definition) is 2. The van der Waals surface area contributed by atoms with Gasteiger partial charge in [-0.3, -0.25) is 4.79 Å². The first-order chi connectivity index (χ1) is 5.74. The summed E-state index contributed by atoms with van der Waals surface area (Å²) in [6.07, 6.45) is 2.24. The van der Waals surface area contributed by atoms with Gasteiger partial charge in [-0.15, -0.1) is 0 Å². The number of phenols is 1. The van der Waals surface area contributed by atoms with E-state index in [0.29, 0.717) is 0 Å². The molecule has 0 aliphatic carbocycles. The molecule has 0 heterocycles. The summed E-state index contributed by atoms with van der Waals surface area (Å²) in [6, 6.07) is 6.73. The van der Waals surface area contributed by atoms with Crippen LogP contribution in [0.3, 0.4) is 0 Å². The summed E-state index contributed by atoms with van der Waals surface area (Å²) in [7, 11) is 0. The Balaban J connectivity index is 2.97. The second-order valence-corrected chi connectivity index (χ2v) is 2.53. The number of hydrogen-bond donors (Lipinski definition) is 1. The lowest BCUT2D eigenvalue weighted by molar-refractivity contribution is -0.104. The maximum atomic E-state index is 10.1. The third-order valence-electron chi connectivity index (χ3n) is 1.64. The first-order valence-electron chi connectivity index (χ1n) is 3.65. The van der Waals surface area contributed by atoms with Crippen LogP contribution in [-0.4, -0.2) is 11.4 Å². The fourth-order valence-electron chi connectivity index (χ4n) is 0.923. The van der Waals surface area contributed by atoms with Crippen LogP contribution in [0.5, 0.6) is 5.75 Å². The van der Waals surface area contributed by atoms with E-state index in [2.05, 4.69) is 0 Å². The molecule has 0 saturated carbocycles. The van der Waals surface area contributed by atoms with Crippen LogP contribution >= 0.6 is 0 Å². The molecular formula is C10H10O2. The van der Waals surface area contributed by atoms with Gasteiger partial charge in [-0.05, 0) is 36.3 Å². The van der Waals surface area contributed by atoms with Crippen molar-refractivity contribution in [3.63, 3.8) is 0 Å². The molecule has 0 aromatic heterocycles. The predicted molar refractivity (Wildman–Crippen MR) is 47.8 cm³/mol. The smallest absolute Gasteiger partial charge is 0.143 e. The van der Waals surface area contributed by atoms with Gasteiger partial charge in [-0.2, -0.15) is 0 Å².